The van der Waals surface area contributed by atoms with E-state index in [2.05, 4.69) is 9.97 Å². The first-order valence-corrected chi connectivity index (χ1v) is 5.57. The second-order valence-corrected chi connectivity index (χ2v) is 4.05. The molecule has 0 spiro atoms. The Balaban J connectivity index is 2.55. The van der Waals surface area contributed by atoms with Crippen LogP contribution in [0, 0.1) is 12.7 Å². The topological polar surface area (TPSA) is 35.0 Å². The standard InChI is InChI=1S/C13H10F4N2O/c1-7-11(18-6-19-12(7)20-2)9-4-3-8(5-10(9)14)13(15,16)17/h3-6H,1-2H3. The van der Waals surface area contributed by atoms with Crippen molar-refractivity contribution in [1.82, 2.24) is 9.97 Å². The zero-order valence-electron chi connectivity index (χ0n) is 10.6. The predicted molar refractivity (Wildman–Crippen MR) is 63.7 cm³/mol. The highest BCUT2D eigenvalue weighted by Crippen LogP contribution is 2.33. The van der Waals surface area contributed by atoms with Crippen molar-refractivity contribution in [3.05, 3.63) is 41.5 Å². The minimum atomic E-state index is -4.59. The van der Waals surface area contributed by atoms with Crippen LogP contribution in [0.3, 0.4) is 0 Å². The molecule has 0 aliphatic rings. The smallest absolute Gasteiger partial charge is 0.416 e. The van der Waals surface area contributed by atoms with Crippen molar-refractivity contribution in [1.29, 1.82) is 0 Å². The summed E-state index contributed by atoms with van der Waals surface area (Å²) < 4.78 is 56.3. The van der Waals surface area contributed by atoms with Gasteiger partial charge in [0.1, 0.15) is 12.1 Å². The highest BCUT2D eigenvalue weighted by molar-refractivity contribution is 5.65. The van der Waals surface area contributed by atoms with Crippen molar-refractivity contribution in [2.75, 3.05) is 7.11 Å². The summed E-state index contributed by atoms with van der Waals surface area (Å²) in [6.07, 6.45) is -3.42. The lowest BCUT2D eigenvalue weighted by Gasteiger charge is -2.11. The van der Waals surface area contributed by atoms with E-state index in [0.29, 0.717) is 11.6 Å². The molecule has 106 valence electrons. The van der Waals surface area contributed by atoms with Gasteiger partial charge >= 0.3 is 6.18 Å². The van der Waals surface area contributed by atoms with Gasteiger partial charge in [-0.3, -0.25) is 0 Å². The Bertz CT molecular complexity index is 641. The van der Waals surface area contributed by atoms with Crippen LogP contribution in [-0.2, 0) is 6.18 Å². The van der Waals surface area contributed by atoms with Gasteiger partial charge < -0.3 is 4.74 Å². The lowest BCUT2D eigenvalue weighted by molar-refractivity contribution is -0.137. The Labute approximate surface area is 112 Å². The summed E-state index contributed by atoms with van der Waals surface area (Å²) in [6, 6.07) is 2.31. The quantitative estimate of drug-likeness (QED) is 0.791. The number of hydrogen-bond donors (Lipinski definition) is 0. The number of methoxy groups -OCH3 is 1. The first-order valence-electron chi connectivity index (χ1n) is 5.57. The molecule has 0 amide bonds. The van der Waals surface area contributed by atoms with E-state index in [1.807, 2.05) is 0 Å². The van der Waals surface area contributed by atoms with E-state index >= 15 is 0 Å². The van der Waals surface area contributed by atoms with Crippen molar-refractivity contribution in [2.24, 2.45) is 0 Å². The third-order valence-corrected chi connectivity index (χ3v) is 2.78. The SMILES string of the molecule is COc1ncnc(-c2ccc(C(F)(F)F)cc2F)c1C. The molecule has 1 aromatic carbocycles. The van der Waals surface area contributed by atoms with Crippen LogP contribution in [0.1, 0.15) is 11.1 Å². The zero-order chi connectivity index (χ0) is 14.9. The van der Waals surface area contributed by atoms with E-state index in [1.54, 1.807) is 6.92 Å². The fourth-order valence-corrected chi connectivity index (χ4v) is 1.79. The Morgan fingerprint density at radius 3 is 2.40 bits per heavy atom. The van der Waals surface area contributed by atoms with Crippen molar-refractivity contribution >= 4 is 0 Å². The first kappa shape index (κ1) is 14.2. The molecule has 0 atom stereocenters. The average Bonchev–Trinajstić information content (AvgIpc) is 2.38. The average molecular weight is 286 g/mol. The van der Waals surface area contributed by atoms with Gasteiger partial charge in [-0.05, 0) is 25.1 Å². The summed E-state index contributed by atoms with van der Waals surface area (Å²) in [4.78, 5) is 7.73. The summed E-state index contributed by atoms with van der Waals surface area (Å²) >= 11 is 0. The van der Waals surface area contributed by atoms with Crippen LogP contribution in [0.5, 0.6) is 5.88 Å². The fourth-order valence-electron chi connectivity index (χ4n) is 1.79. The van der Waals surface area contributed by atoms with Gasteiger partial charge in [0.2, 0.25) is 5.88 Å². The van der Waals surface area contributed by atoms with E-state index in [0.717, 1.165) is 18.5 Å². The molecule has 2 aromatic rings. The van der Waals surface area contributed by atoms with Gasteiger partial charge in [0.25, 0.3) is 0 Å². The number of aromatic nitrogens is 2. The second kappa shape index (κ2) is 5.07. The molecule has 3 nitrogen and oxygen atoms in total. The van der Waals surface area contributed by atoms with Gasteiger partial charge in [0.05, 0.1) is 18.4 Å². The van der Waals surface area contributed by atoms with E-state index in [9.17, 15) is 17.6 Å². The summed E-state index contributed by atoms with van der Waals surface area (Å²) in [5, 5.41) is 0. The Morgan fingerprint density at radius 1 is 1.15 bits per heavy atom. The molecular formula is C13H10F4N2O. The summed E-state index contributed by atoms with van der Waals surface area (Å²) in [6.45, 7) is 1.60. The molecule has 7 heteroatoms. The van der Waals surface area contributed by atoms with Gasteiger partial charge in [-0.15, -0.1) is 0 Å². The molecule has 1 aromatic heterocycles. The molecule has 2 rings (SSSR count). The Morgan fingerprint density at radius 2 is 1.85 bits per heavy atom. The van der Waals surface area contributed by atoms with Crippen molar-refractivity contribution in [3.63, 3.8) is 0 Å². The molecule has 0 unspecified atom stereocenters. The zero-order valence-corrected chi connectivity index (χ0v) is 10.6. The summed E-state index contributed by atoms with van der Waals surface area (Å²) in [5.41, 5.74) is -0.426. The lowest BCUT2D eigenvalue weighted by Crippen LogP contribution is -2.06. The molecule has 20 heavy (non-hydrogen) atoms. The van der Waals surface area contributed by atoms with Crippen molar-refractivity contribution in [2.45, 2.75) is 13.1 Å². The van der Waals surface area contributed by atoms with E-state index in [-0.39, 0.29) is 17.1 Å². The maximum atomic E-state index is 13.9. The van der Waals surface area contributed by atoms with Crippen molar-refractivity contribution < 1.29 is 22.3 Å². The van der Waals surface area contributed by atoms with Crippen LogP contribution >= 0.6 is 0 Å². The molecule has 0 aliphatic heterocycles. The van der Waals surface area contributed by atoms with E-state index in [1.165, 1.54) is 7.11 Å². The number of hydrogen-bond acceptors (Lipinski definition) is 3. The second-order valence-electron chi connectivity index (χ2n) is 4.05. The highest BCUT2D eigenvalue weighted by atomic mass is 19.4. The van der Waals surface area contributed by atoms with Crippen LogP contribution in [0.15, 0.2) is 24.5 Å². The van der Waals surface area contributed by atoms with Gasteiger partial charge in [0, 0.05) is 11.1 Å². The van der Waals surface area contributed by atoms with Crippen LogP contribution in [0.25, 0.3) is 11.3 Å². The number of ether oxygens (including phenoxy) is 1. The van der Waals surface area contributed by atoms with Crippen LogP contribution in [0.4, 0.5) is 17.6 Å². The van der Waals surface area contributed by atoms with E-state index in [4.69, 9.17) is 4.74 Å². The molecular weight excluding hydrogens is 276 g/mol. The number of nitrogens with zero attached hydrogens (tertiary/aromatic N) is 2. The maximum absolute atomic E-state index is 13.9. The fraction of sp³-hybridized carbons (Fsp3) is 0.231. The molecule has 0 saturated carbocycles. The molecule has 0 saturated heterocycles. The lowest BCUT2D eigenvalue weighted by atomic mass is 10.0. The Hall–Kier alpha value is -2.18. The monoisotopic (exact) mass is 286 g/mol. The highest BCUT2D eigenvalue weighted by Gasteiger charge is 2.31. The molecule has 0 N–H and O–H groups in total. The van der Waals surface area contributed by atoms with Crippen molar-refractivity contribution in [3.8, 4) is 17.1 Å². The molecule has 0 fully saturated rings. The van der Waals surface area contributed by atoms with Gasteiger partial charge in [-0.1, -0.05) is 0 Å². The van der Waals surface area contributed by atoms with Gasteiger partial charge in [-0.25, -0.2) is 14.4 Å². The van der Waals surface area contributed by atoms with Crippen LogP contribution in [0.2, 0.25) is 0 Å². The third kappa shape index (κ3) is 2.56. The molecule has 0 radical (unpaired) electrons. The predicted octanol–water partition coefficient (Wildman–Crippen LogP) is 3.62. The minimum absolute atomic E-state index is 0.0313. The van der Waals surface area contributed by atoms with Gasteiger partial charge in [-0.2, -0.15) is 13.2 Å². The molecule has 0 bridgehead atoms. The van der Waals surface area contributed by atoms with Crippen LogP contribution in [-0.4, -0.2) is 17.1 Å². The van der Waals surface area contributed by atoms with E-state index < -0.39 is 17.6 Å². The maximum Gasteiger partial charge on any atom is 0.416 e. The largest absolute Gasteiger partial charge is 0.481 e. The number of halogens is 4. The minimum Gasteiger partial charge on any atom is -0.481 e. The molecule has 0 aliphatic carbocycles. The normalized spacial score (nSPS) is 11.5. The summed E-state index contributed by atoms with van der Waals surface area (Å²) in [7, 11) is 1.39. The first-order chi connectivity index (χ1) is 9.34. The number of rotatable bonds is 2. The number of alkyl halides is 3. The number of benzene rings is 1. The summed E-state index contributed by atoms with van der Waals surface area (Å²) in [5.74, 6) is -0.752. The Kier molecular flexibility index (Phi) is 3.61. The third-order valence-electron chi connectivity index (χ3n) is 2.78. The van der Waals surface area contributed by atoms with Gasteiger partial charge in [0.15, 0.2) is 0 Å². The van der Waals surface area contributed by atoms with Crippen LogP contribution < -0.4 is 4.74 Å². The molecule has 1 heterocycles.